The lowest BCUT2D eigenvalue weighted by molar-refractivity contribution is -0.118. The molecule has 1 aliphatic heterocycles. The van der Waals surface area contributed by atoms with Crippen LogP contribution in [0.3, 0.4) is 0 Å². The van der Waals surface area contributed by atoms with Crippen LogP contribution in [0.25, 0.3) is 5.57 Å². The van der Waals surface area contributed by atoms with Crippen molar-refractivity contribution in [2.75, 3.05) is 26.0 Å². The number of carbonyl (C=O) groups is 1. The molecule has 2 aromatic heterocycles. The van der Waals surface area contributed by atoms with Crippen molar-refractivity contribution in [2.45, 2.75) is 44.9 Å². The quantitative estimate of drug-likeness (QED) is 0.300. The van der Waals surface area contributed by atoms with E-state index < -0.39 is 24.5 Å². The van der Waals surface area contributed by atoms with Gasteiger partial charge in [0.1, 0.15) is 6.17 Å². The molecule has 1 aliphatic carbocycles. The Bertz CT molecular complexity index is 1560. The van der Waals surface area contributed by atoms with Gasteiger partial charge in [0.25, 0.3) is 12.3 Å². The van der Waals surface area contributed by atoms with E-state index in [1.807, 2.05) is 38.4 Å². The first-order valence-electron chi connectivity index (χ1n) is 13.5. The van der Waals surface area contributed by atoms with Crippen LogP contribution in [0.5, 0.6) is 0 Å². The molecular weight excluding hydrogens is 563 g/mol. The van der Waals surface area contributed by atoms with Crippen LogP contribution in [0.1, 0.15) is 35.5 Å². The van der Waals surface area contributed by atoms with Gasteiger partial charge >= 0.3 is 0 Å². The zero-order valence-corrected chi connectivity index (χ0v) is 24.3. The van der Waals surface area contributed by atoms with E-state index in [1.165, 1.54) is 29.9 Å². The van der Waals surface area contributed by atoms with E-state index in [0.29, 0.717) is 27.7 Å². The van der Waals surface area contributed by atoms with Gasteiger partial charge < -0.3 is 14.8 Å². The first-order chi connectivity index (χ1) is 20.1. The molecule has 0 saturated heterocycles. The van der Waals surface area contributed by atoms with Gasteiger partial charge in [-0.25, -0.2) is 23.1 Å². The summed E-state index contributed by atoms with van der Waals surface area (Å²) >= 11 is 1.22. The topological polar surface area (TPSA) is 98.9 Å². The molecule has 12 heteroatoms. The smallest absolute Gasteiger partial charge is 0.264 e. The van der Waals surface area contributed by atoms with E-state index >= 15 is 0 Å². The van der Waals surface area contributed by atoms with Gasteiger partial charge in [-0.2, -0.15) is 0 Å². The van der Waals surface area contributed by atoms with E-state index in [2.05, 4.69) is 25.5 Å². The van der Waals surface area contributed by atoms with Crippen molar-refractivity contribution in [2.24, 2.45) is 0 Å². The second-order valence-electron chi connectivity index (χ2n) is 10.6. The van der Waals surface area contributed by atoms with Gasteiger partial charge in [-0.3, -0.25) is 15.5 Å². The predicted octanol–water partition coefficient (Wildman–Crippen LogP) is 5.19. The Labute approximate surface area is 246 Å². The van der Waals surface area contributed by atoms with Gasteiger partial charge in [-0.15, -0.1) is 11.3 Å². The SMILES string of the molecule is CC1=C(c2ccc(CCN(C)C)cc2)C=C(C(F)F)/C(=C/NC(C(=O)Nc2nccs2)c2ncn3c2C[C@@H](F)C3)C1=N. The minimum Gasteiger partial charge on any atom is -0.374 e. The van der Waals surface area contributed by atoms with Crippen molar-refractivity contribution in [1.29, 1.82) is 5.41 Å². The van der Waals surface area contributed by atoms with Crippen LogP contribution in [-0.2, 0) is 24.2 Å². The monoisotopic (exact) mass is 595 g/mol. The van der Waals surface area contributed by atoms with Crippen LogP contribution in [-0.4, -0.2) is 64.3 Å². The first-order valence-corrected chi connectivity index (χ1v) is 14.4. The van der Waals surface area contributed by atoms with Gasteiger partial charge in [0, 0.05) is 47.6 Å². The van der Waals surface area contributed by atoms with Crippen LogP contribution in [0.2, 0.25) is 0 Å². The average Bonchev–Trinajstić information content (AvgIpc) is 3.69. The number of carbonyl (C=O) groups excluding carboxylic acids is 1. The Kier molecular flexibility index (Phi) is 8.74. The number of thiazole rings is 1. The maximum Gasteiger partial charge on any atom is 0.264 e. The Hall–Kier alpha value is -4.03. The molecule has 0 fully saturated rings. The fourth-order valence-corrected chi connectivity index (χ4v) is 5.63. The number of halogens is 3. The second kappa shape index (κ2) is 12.5. The molecule has 220 valence electrons. The van der Waals surface area contributed by atoms with Gasteiger partial charge in [-0.05, 0) is 55.8 Å². The van der Waals surface area contributed by atoms with E-state index in [-0.39, 0.29) is 29.8 Å². The number of aromatic nitrogens is 3. The Balaban J connectivity index is 1.45. The van der Waals surface area contributed by atoms with Crippen LogP contribution >= 0.6 is 11.3 Å². The molecule has 1 unspecified atom stereocenters. The third-order valence-corrected chi connectivity index (χ3v) is 8.08. The number of hydrogen-bond acceptors (Lipinski definition) is 7. The Morgan fingerprint density at radius 3 is 2.69 bits per heavy atom. The largest absolute Gasteiger partial charge is 0.374 e. The molecule has 0 radical (unpaired) electrons. The fourth-order valence-electron chi connectivity index (χ4n) is 5.10. The molecule has 8 nitrogen and oxygen atoms in total. The minimum atomic E-state index is -2.87. The molecular formula is C30H32F3N7OS. The van der Waals surface area contributed by atoms with Crippen molar-refractivity contribution >= 4 is 33.7 Å². The number of nitrogens with zero attached hydrogens (tertiary/aromatic N) is 4. The Morgan fingerprint density at radius 2 is 2.02 bits per heavy atom. The van der Waals surface area contributed by atoms with Crippen molar-refractivity contribution in [3.63, 3.8) is 0 Å². The highest BCUT2D eigenvalue weighted by atomic mass is 32.1. The lowest BCUT2D eigenvalue weighted by Gasteiger charge is -2.24. The summed E-state index contributed by atoms with van der Waals surface area (Å²) in [7, 11) is 4.01. The average molecular weight is 596 g/mol. The molecule has 3 aromatic rings. The van der Waals surface area contributed by atoms with E-state index in [4.69, 9.17) is 5.41 Å². The maximum absolute atomic E-state index is 14.4. The Morgan fingerprint density at radius 1 is 1.26 bits per heavy atom. The zero-order valence-electron chi connectivity index (χ0n) is 23.5. The summed E-state index contributed by atoms with van der Waals surface area (Å²) in [6.07, 6.45) is 2.68. The molecule has 1 aromatic carbocycles. The van der Waals surface area contributed by atoms with Gasteiger partial charge in [-0.1, -0.05) is 24.3 Å². The summed E-state index contributed by atoms with van der Waals surface area (Å²) in [4.78, 5) is 23.9. The molecule has 2 aliphatic rings. The third-order valence-electron chi connectivity index (χ3n) is 7.39. The standard InChI is InChI=1S/C30H32F3N7OS/c1-17-21(19-6-4-18(5-7-19)8-10-39(2)3)13-22(28(32)33)23(25(17)34)14-36-27(29(41)38-30-35-9-11-42-30)26-24-12-20(31)15-40(24)16-37-26/h4-7,9,11,13-14,16,20,27-28,34,36H,8,10,12,15H2,1-3H3,(H,35,38,41)/b23-14-,34-25?/t20-,27?/m1/s1. The van der Waals surface area contributed by atoms with E-state index in [9.17, 15) is 18.0 Å². The predicted molar refractivity (Wildman–Crippen MR) is 159 cm³/mol. The fraction of sp³-hybridized carbons (Fsp3) is 0.333. The highest BCUT2D eigenvalue weighted by Gasteiger charge is 2.33. The van der Waals surface area contributed by atoms with Gasteiger partial charge in [0.15, 0.2) is 11.2 Å². The summed E-state index contributed by atoms with van der Waals surface area (Å²) < 4.78 is 44.7. The number of nitrogens with one attached hydrogen (secondary N) is 3. The lowest BCUT2D eigenvalue weighted by atomic mass is 9.84. The highest BCUT2D eigenvalue weighted by molar-refractivity contribution is 7.13. The normalized spacial score (nSPS) is 18.6. The number of anilines is 1. The molecule has 42 heavy (non-hydrogen) atoms. The molecule has 0 bridgehead atoms. The third kappa shape index (κ3) is 6.24. The number of benzene rings is 1. The van der Waals surface area contributed by atoms with E-state index in [1.54, 1.807) is 23.1 Å². The summed E-state index contributed by atoms with van der Waals surface area (Å²) in [5.74, 6) is -0.530. The molecule has 5 rings (SSSR count). The summed E-state index contributed by atoms with van der Waals surface area (Å²) in [5.41, 5.74) is 3.37. The molecule has 0 spiro atoms. The molecule has 2 atom stereocenters. The summed E-state index contributed by atoms with van der Waals surface area (Å²) in [5, 5.41) is 16.5. The molecule has 0 saturated carbocycles. The number of rotatable bonds is 10. The molecule has 3 heterocycles. The highest BCUT2D eigenvalue weighted by Crippen LogP contribution is 2.35. The number of imidazole rings is 1. The lowest BCUT2D eigenvalue weighted by Crippen LogP contribution is -2.32. The van der Waals surface area contributed by atoms with Crippen LogP contribution in [0.4, 0.5) is 18.3 Å². The van der Waals surface area contributed by atoms with Gasteiger partial charge in [0.05, 0.1) is 24.3 Å². The summed E-state index contributed by atoms with van der Waals surface area (Å²) in [6, 6.07) is 6.60. The first kappa shape index (κ1) is 29.5. The number of allylic oxidation sites excluding steroid dienone is 5. The number of fused-ring (bicyclic) bond motifs is 1. The van der Waals surface area contributed by atoms with Crippen LogP contribution in [0.15, 0.2) is 71.2 Å². The molecule has 3 N–H and O–H groups in total. The van der Waals surface area contributed by atoms with Crippen LogP contribution < -0.4 is 10.6 Å². The van der Waals surface area contributed by atoms with Crippen molar-refractivity contribution in [1.82, 2.24) is 24.8 Å². The van der Waals surface area contributed by atoms with Crippen molar-refractivity contribution < 1.29 is 18.0 Å². The van der Waals surface area contributed by atoms with Crippen molar-refractivity contribution in [3.05, 3.63) is 93.7 Å². The number of amides is 1. The number of alkyl halides is 3. The molecule has 1 amide bonds. The second-order valence-corrected chi connectivity index (χ2v) is 11.5. The number of hydrogen-bond donors (Lipinski definition) is 3. The summed E-state index contributed by atoms with van der Waals surface area (Å²) in [6.45, 7) is 2.75. The maximum atomic E-state index is 14.4. The zero-order chi connectivity index (χ0) is 30.0. The minimum absolute atomic E-state index is 0.0277. The van der Waals surface area contributed by atoms with Crippen LogP contribution in [0, 0.1) is 5.41 Å². The van der Waals surface area contributed by atoms with E-state index in [0.717, 1.165) is 24.1 Å². The van der Waals surface area contributed by atoms with Gasteiger partial charge in [0.2, 0.25) is 0 Å². The number of likely N-dealkylation sites (N-methyl/N-ethyl adjacent to an activating group) is 1. The van der Waals surface area contributed by atoms with Crippen molar-refractivity contribution in [3.8, 4) is 0 Å².